The fourth-order valence-electron chi connectivity index (χ4n) is 2.05. The molecule has 0 saturated heterocycles. The zero-order valence-corrected chi connectivity index (χ0v) is 12.7. The van der Waals surface area contributed by atoms with Crippen LogP contribution in [0.2, 0.25) is 0 Å². The molecule has 1 aromatic rings. The predicted octanol–water partition coefficient (Wildman–Crippen LogP) is 3.28. The lowest BCUT2D eigenvalue weighted by Crippen LogP contribution is -2.25. The summed E-state index contributed by atoms with van der Waals surface area (Å²) in [6, 6.07) is 9.34. The SMILES string of the molecule is CCc1ccc(C(NC)C(C)SCCOC)cc1. The first kappa shape index (κ1) is 15.5. The quantitative estimate of drug-likeness (QED) is 0.730. The zero-order valence-electron chi connectivity index (χ0n) is 11.9. The third-order valence-electron chi connectivity index (χ3n) is 3.20. The Bertz CT molecular complexity index is 326. The maximum absolute atomic E-state index is 5.10. The van der Waals surface area contributed by atoms with Crippen molar-refractivity contribution >= 4 is 11.8 Å². The molecule has 3 heteroatoms. The van der Waals surface area contributed by atoms with Gasteiger partial charge in [-0.05, 0) is 24.6 Å². The van der Waals surface area contributed by atoms with Gasteiger partial charge in [-0.1, -0.05) is 38.1 Å². The van der Waals surface area contributed by atoms with Crippen LogP contribution in [0.1, 0.15) is 31.0 Å². The summed E-state index contributed by atoms with van der Waals surface area (Å²) >= 11 is 1.95. The Morgan fingerprint density at radius 2 is 1.94 bits per heavy atom. The van der Waals surface area contributed by atoms with Crippen molar-refractivity contribution in [2.24, 2.45) is 0 Å². The minimum Gasteiger partial charge on any atom is -0.384 e. The minimum atomic E-state index is 0.401. The fourth-order valence-corrected chi connectivity index (χ4v) is 3.17. The van der Waals surface area contributed by atoms with Crippen molar-refractivity contribution in [3.8, 4) is 0 Å². The number of rotatable bonds is 8. The normalized spacial score (nSPS) is 14.4. The Kier molecular flexibility index (Phi) is 7.40. The third-order valence-corrected chi connectivity index (χ3v) is 4.40. The summed E-state index contributed by atoms with van der Waals surface area (Å²) in [6.45, 7) is 5.28. The molecule has 0 heterocycles. The van der Waals surface area contributed by atoms with E-state index in [-0.39, 0.29) is 0 Å². The van der Waals surface area contributed by atoms with Gasteiger partial charge in [0.25, 0.3) is 0 Å². The van der Waals surface area contributed by atoms with Crippen LogP contribution in [0.4, 0.5) is 0 Å². The minimum absolute atomic E-state index is 0.401. The van der Waals surface area contributed by atoms with Crippen molar-refractivity contribution in [1.29, 1.82) is 0 Å². The molecule has 2 unspecified atom stereocenters. The highest BCUT2D eigenvalue weighted by Gasteiger charge is 2.17. The van der Waals surface area contributed by atoms with Crippen LogP contribution in [-0.4, -0.2) is 31.8 Å². The van der Waals surface area contributed by atoms with Crippen molar-refractivity contribution < 1.29 is 4.74 Å². The number of hydrogen-bond acceptors (Lipinski definition) is 3. The molecule has 0 radical (unpaired) electrons. The highest BCUT2D eigenvalue weighted by atomic mass is 32.2. The lowest BCUT2D eigenvalue weighted by molar-refractivity contribution is 0.218. The third kappa shape index (κ3) is 4.63. The molecule has 1 rings (SSSR count). The van der Waals surface area contributed by atoms with Gasteiger partial charge in [-0.2, -0.15) is 11.8 Å². The Morgan fingerprint density at radius 1 is 1.28 bits per heavy atom. The molecule has 0 aromatic heterocycles. The van der Waals surface area contributed by atoms with Crippen LogP contribution < -0.4 is 5.32 Å². The van der Waals surface area contributed by atoms with Crippen LogP contribution in [0, 0.1) is 0 Å². The van der Waals surface area contributed by atoms with E-state index in [0.29, 0.717) is 11.3 Å². The van der Waals surface area contributed by atoms with Crippen molar-refractivity contribution in [1.82, 2.24) is 5.32 Å². The first-order valence-electron chi connectivity index (χ1n) is 6.59. The van der Waals surface area contributed by atoms with Crippen molar-refractivity contribution in [2.75, 3.05) is 26.5 Å². The monoisotopic (exact) mass is 267 g/mol. The smallest absolute Gasteiger partial charge is 0.0553 e. The Labute approximate surface area is 116 Å². The molecule has 1 aromatic carbocycles. The lowest BCUT2D eigenvalue weighted by Gasteiger charge is -2.23. The molecule has 0 fully saturated rings. The van der Waals surface area contributed by atoms with E-state index in [1.807, 2.05) is 18.8 Å². The second-order valence-corrected chi connectivity index (χ2v) is 5.92. The molecular weight excluding hydrogens is 242 g/mol. The van der Waals surface area contributed by atoms with Crippen LogP contribution in [0.5, 0.6) is 0 Å². The summed E-state index contributed by atoms with van der Waals surface area (Å²) in [5.74, 6) is 1.04. The maximum Gasteiger partial charge on any atom is 0.0553 e. The number of thioether (sulfide) groups is 1. The Morgan fingerprint density at radius 3 is 2.44 bits per heavy atom. The van der Waals surface area contributed by atoms with Crippen LogP contribution in [-0.2, 0) is 11.2 Å². The maximum atomic E-state index is 5.10. The van der Waals surface area contributed by atoms with Crippen molar-refractivity contribution in [3.63, 3.8) is 0 Å². The largest absolute Gasteiger partial charge is 0.384 e. The molecule has 1 N–H and O–H groups in total. The van der Waals surface area contributed by atoms with Crippen LogP contribution in [0.15, 0.2) is 24.3 Å². The summed E-state index contributed by atoms with van der Waals surface area (Å²) in [6.07, 6.45) is 1.10. The van der Waals surface area contributed by atoms with Gasteiger partial charge in [0.15, 0.2) is 0 Å². The molecule has 2 atom stereocenters. The van der Waals surface area contributed by atoms with Gasteiger partial charge < -0.3 is 10.1 Å². The Balaban J connectivity index is 2.62. The van der Waals surface area contributed by atoms with E-state index in [2.05, 4.69) is 43.4 Å². The van der Waals surface area contributed by atoms with E-state index in [1.54, 1.807) is 7.11 Å². The van der Waals surface area contributed by atoms with E-state index < -0.39 is 0 Å². The number of nitrogens with one attached hydrogen (secondary N) is 1. The molecule has 0 amide bonds. The first-order valence-corrected chi connectivity index (χ1v) is 7.64. The molecule has 0 spiro atoms. The van der Waals surface area contributed by atoms with Gasteiger partial charge in [0, 0.05) is 24.2 Å². The fraction of sp³-hybridized carbons (Fsp3) is 0.600. The first-order chi connectivity index (χ1) is 8.72. The number of methoxy groups -OCH3 is 1. The summed E-state index contributed by atoms with van der Waals surface area (Å²) in [5, 5.41) is 3.96. The molecular formula is C15H25NOS. The van der Waals surface area contributed by atoms with Crippen LogP contribution in [0.3, 0.4) is 0 Å². The summed E-state index contributed by atoms with van der Waals surface area (Å²) < 4.78 is 5.10. The number of ether oxygens (including phenoxy) is 1. The van der Waals surface area contributed by atoms with Gasteiger partial charge in [0.2, 0.25) is 0 Å². The molecule has 0 aliphatic heterocycles. The number of aryl methyl sites for hydroxylation is 1. The second-order valence-electron chi connectivity index (χ2n) is 4.43. The van der Waals surface area contributed by atoms with E-state index >= 15 is 0 Å². The molecule has 2 nitrogen and oxygen atoms in total. The molecule has 18 heavy (non-hydrogen) atoms. The second kappa shape index (κ2) is 8.57. The van der Waals surface area contributed by atoms with Crippen molar-refractivity contribution in [3.05, 3.63) is 35.4 Å². The van der Waals surface area contributed by atoms with Crippen molar-refractivity contribution in [2.45, 2.75) is 31.6 Å². The topological polar surface area (TPSA) is 21.3 Å². The standard InChI is InChI=1S/C15H25NOS/c1-5-13-6-8-14(9-7-13)15(16-3)12(2)18-11-10-17-4/h6-9,12,15-16H,5,10-11H2,1-4H3. The Hall–Kier alpha value is -0.510. The van der Waals surface area contributed by atoms with E-state index in [9.17, 15) is 0 Å². The summed E-state index contributed by atoms with van der Waals surface area (Å²) in [7, 11) is 3.79. The molecule has 0 bridgehead atoms. The average Bonchev–Trinajstić information content (AvgIpc) is 2.41. The summed E-state index contributed by atoms with van der Waals surface area (Å²) in [4.78, 5) is 0. The number of hydrogen-bond donors (Lipinski definition) is 1. The van der Waals surface area contributed by atoms with Crippen LogP contribution in [0.25, 0.3) is 0 Å². The molecule has 0 aliphatic carbocycles. The van der Waals surface area contributed by atoms with Crippen LogP contribution >= 0.6 is 11.8 Å². The predicted molar refractivity (Wildman–Crippen MR) is 81.4 cm³/mol. The van der Waals surface area contributed by atoms with Gasteiger partial charge in [-0.3, -0.25) is 0 Å². The molecule has 102 valence electrons. The van der Waals surface area contributed by atoms with Gasteiger partial charge in [-0.25, -0.2) is 0 Å². The van der Waals surface area contributed by atoms with Gasteiger partial charge in [-0.15, -0.1) is 0 Å². The highest BCUT2D eigenvalue weighted by molar-refractivity contribution is 7.99. The molecule has 0 saturated carbocycles. The molecule has 0 aliphatic rings. The van der Waals surface area contributed by atoms with E-state index in [0.717, 1.165) is 18.8 Å². The lowest BCUT2D eigenvalue weighted by atomic mass is 10.0. The zero-order chi connectivity index (χ0) is 13.4. The van der Waals surface area contributed by atoms with Gasteiger partial charge >= 0.3 is 0 Å². The van der Waals surface area contributed by atoms with E-state index in [4.69, 9.17) is 4.74 Å². The van der Waals surface area contributed by atoms with Gasteiger partial charge in [0.05, 0.1) is 6.61 Å². The highest BCUT2D eigenvalue weighted by Crippen LogP contribution is 2.26. The average molecular weight is 267 g/mol. The number of benzene rings is 1. The van der Waals surface area contributed by atoms with E-state index in [1.165, 1.54) is 11.1 Å². The van der Waals surface area contributed by atoms with Gasteiger partial charge in [0.1, 0.15) is 0 Å². The summed E-state index contributed by atoms with van der Waals surface area (Å²) in [5.41, 5.74) is 2.76.